The number of carbonyl (C=O) groups is 1. The minimum Gasteiger partial charge on any atom is -0.352 e. The molecule has 4 aromatic rings. The summed E-state index contributed by atoms with van der Waals surface area (Å²) in [6.07, 6.45) is 3.82. The van der Waals surface area contributed by atoms with E-state index in [1.165, 1.54) is 6.07 Å². The topological polar surface area (TPSA) is 62.2 Å². The molecule has 1 saturated heterocycles. The van der Waals surface area contributed by atoms with Crippen molar-refractivity contribution in [3.63, 3.8) is 0 Å². The SMILES string of the molecule is Cc1cccc(NC(=O)CCN2C(=S)N[C@@H](c3ccccn3)[C@H]2c2cccn2-c2ccccc2F)c1. The highest BCUT2D eigenvalue weighted by atomic mass is 32.1. The summed E-state index contributed by atoms with van der Waals surface area (Å²) in [7, 11) is 0. The molecule has 1 aliphatic heterocycles. The van der Waals surface area contributed by atoms with Gasteiger partial charge in [0.1, 0.15) is 5.82 Å². The summed E-state index contributed by atoms with van der Waals surface area (Å²) < 4.78 is 16.6. The summed E-state index contributed by atoms with van der Waals surface area (Å²) in [6.45, 7) is 2.37. The molecule has 2 N–H and O–H groups in total. The van der Waals surface area contributed by atoms with Crippen molar-refractivity contribution in [3.05, 3.63) is 114 Å². The number of para-hydroxylation sites is 1. The van der Waals surface area contributed by atoms with Crippen LogP contribution in [-0.4, -0.2) is 32.0 Å². The highest BCUT2D eigenvalue weighted by molar-refractivity contribution is 7.80. The van der Waals surface area contributed by atoms with Crippen LogP contribution in [0.15, 0.2) is 91.3 Å². The minimum atomic E-state index is -0.318. The normalized spacial score (nSPS) is 17.2. The lowest BCUT2D eigenvalue weighted by atomic mass is 10.0. The first-order chi connectivity index (χ1) is 17.5. The molecule has 0 unspecified atom stereocenters. The third-order valence-corrected chi connectivity index (χ3v) is 6.63. The third kappa shape index (κ3) is 4.85. The largest absolute Gasteiger partial charge is 0.352 e. The van der Waals surface area contributed by atoms with E-state index in [1.54, 1.807) is 18.3 Å². The number of pyridine rings is 1. The van der Waals surface area contributed by atoms with E-state index in [4.69, 9.17) is 12.2 Å². The molecule has 1 amide bonds. The monoisotopic (exact) mass is 499 g/mol. The zero-order valence-electron chi connectivity index (χ0n) is 19.8. The Kier molecular flexibility index (Phi) is 6.77. The van der Waals surface area contributed by atoms with Crippen LogP contribution in [0.5, 0.6) is 0 Å². The van der Waals surface area contributed by atoms with Gasteiger partial charge in [-0.3, -0.25) is 9.78 Å². The average Bonchev–Trinajstić information content (AvgIpc) is 3.47. The van der Waals surface area contributed by atoms with Gasteiger partial charge in [-0.2, -0.15) is 0 Å². The number of amides is 1. The first-order valence-corrected chi connectivity index (χ1v) is 12.2. The maximum atomic E-state index is 14.8. The molecule has 1 aliphatic rings. The second kappa shape index (κ2) is 10.3. The Morgan fingerprint density at radius 3 is 2.69 bits per heavy atom. The molecule has 5 rings (SSSR count). The fourth-order valence-corrected chi connectivity index (χ4v) is 4.97. The molecule has 0 radical (unpaired) electrons. The minimum absolute atomic E-state index is 0.104. The number of hydrogen-bond acceptors (Lipinski definition) is 3. The Balaban J connectivity index is 1.45. The van der Waals surface area contributed by atoms with E-state index in [9.17, 15) is 9.18 Å². The van der Waals surface area contributed by atoms with Crippen molar-refractivity contribution in [1.82, 2.24) is 19.8 Å². The molecule has 0 saturated carbocycles. The lowest BCUT2D eigenvalue weighted by Crippen LogP contribution is -2.33. The highest BCUT2D eigenvalue weighted by Crippen LogP contribution is 2.39. The van der Waals surface area contributed by atoms with Crippen LogP contribution in [0, 0.1) is 12.7 Å². The van der Waals surface area contributed by atoms with Crippen molar-refractivity contribution in [3.8, 4) is 5.69 Å². The van der Waals surface area contributed by atoms with E-state index in [0.717, 1.165) is 22.6 Å². The molecule has 0 spiro atoms. The van der Waals surface area contributed by atoms with Crippen molar-refractivity contribution in [2.45, 2.75) is 25.4 Å². The van der Waals surface area contributed by atoms with Gasteiger partial charge in [-0.25, -0.2) is 4.39 Å². The maximum Gasteiger partial charge on any atom is 0.226 e. The van der Waals surface area contributed by atoms with Crippen LogP contribution in [-0.2, 0) is 4.79 Å². The van der Waals surface area contributed by atoms with Gasteiger partial charge in [-0.1, -0.05) is 30.3 Å². The summed E-state index contributed by atoms with van der Waals surface area (Å²) in [6, 6.07) is 23.4. The highest BCUT2D eigenvalue weighted by Gasteiger charge is 2.41. The van der Waals surface area contributed by atoms with Gasteiger partial charge < -0.3 is 20.1 Å². The van der Waals surface area contributed by atoms with Gasteiger partial charge >= 0.3 is 0 Å². The zero-order valence-corrected chi connectivity index (χ0v) is 20.6. The Labute approximate surface area is 214 Å². The van der Waals surface area contributed by atoms with Crippen LogP contribution >= 0.6 is 12.2 Å². The Bertz CT molecular complexity index is 1390. The number of aryl methyl sites for hydroxylation is 1. The van der Waals surface area contributed by atoms with Crippen LogP contribution < -0.4 is 10.6 Å². The van der Waals surface area contributed by atoms with Crippen molar-refractivity contribution >= 4 is 28.9 Å². The molecule has 3 heterocycles. The number of carbonyl (C=O) groups excluding carboxylic acids is 1. The summed E-state index contributed by atoms with van der Waals surface area (Å²) in [5, 5.41) is 6.88. The van der Waals surface area contributed by atoms with Crippen molar-refractivity contribution in [1.29, 1.82) is 0 Å². The predicted molar refractivity (Wildman–Crippen MR) is 142 cm³/mol. The van der Waals surface area contributed by atoms with E-state index in [2.05, 4.69) is 15.6 Å². The summed E-state index contributed by atoms with van der Waals surface area (Å²) in [4.78, 5) is 19.4. The average molecular weight is 500 g/mol. The summed E-state index contributed by atoms with van der Waals surface area (Å²) in [5.74, 6) is -0.421. The molecular formula is C28H26FN5OS. The molecule has 2 aromatic heterocycles. The quantitative estimate of drug-likeness (QED) is 0.337. The van der Waals surface area contributed by atoms with Crippen LogP contribution in [0.25, 0.3) is 5.69 Å². The van der Waals surface area contributed by atoms with Gasteiger partial charge in [0.05, 0.1) is 23.5 Å². The number of rotatable bonds is 7. The second-order valence-corrected chi connectivity index (χ2v) is 9.13. The van der Waals surface area contributed by atoms with Gasteiger partial charge in [-0.15, -0.1) is 0 Å². The molecule has 8 heteroatoms. The molecule has 2 aromatic carbocycles. The van der Waals surface area contributed by atoms with Gasteiger partial charge in [0.25, 0.3) is 0 Å². The molecular weight excluding hydrogens is 473 g/mol. The summed E-state index contributed by atoms with van der Waals surface area (Å²) >= 11 is 5.73. The number of nitrogens with zero attached hydrogens (tertiary/aromatic N) is 3. The van der Waals surface area contributed by atoms with Gasteiger partial charge in [-0.05, 0) is 73.2 Å². The van der Waals surface area contributed by atoms with E-state index >= 15 is 0 Å². The number of halogens is 1. The first-order valence-electron chi connectivity index (χ1n) is 11.8. The van der Waals surface area contributed by atoms with Crippen molar-refractivity contribution in [2.24, 2.45) is 0 Å². The zero-order chi connectivity index (χ0) is 25.1. The van der Waals surface area contributed by atoms with Gasteiger partial charge in [0.15, 0.2) is 5.11 Å². The Morgan fingerprint density at radius 2 is 1.92 bits per heavy atom. The van der Waals surface area contributed by atoms with Crippen LogP contribution in [0.4, 0.5) is 10.1 Å². The molecule has 36 heavy (non-hydrogen) atoms. The summed E-state index contributed by atoms with van der Waals surface area (Å²) in [5.41, 5.74) is 3.95. The van der Waals surface area contributed by atoms with Gasteiger partial charge in [0, 0.05) is 36.7 Å². The second-order valence-electron chi connectivity index (χ2n) is 8.74. The van der Waals surface area contributed by atoms with Crippen molar-refractivity contribution in [2.75, 3.05) is 11.9 Å². The van der Waals surface area contributed by atoms with Crippen LogP contribution in [0.3, 0.4) is 0 Å². The smallest absolute Gasteiger partial charge is 0.226 e. The number of aromatic nitrogens is 2. The predicted octanol–water partition coefficient (Wildman–Crippen LogP) is 5.32. The van der Waals surface area contributed by atoms with E-state index in [-0.39, 0.29) is 30.2 Å². The number of anilines is 1. The maximum absolute atomic E-state index is 14.8. The molecule has 6 nitrogen and oxygen atoms in total. The molecule has 0 aliphatic carbocycles. The number of hydrogen-bond donors (Lipinski definition) is 2. The molecule has 0 bridgehead atoms. The lowest BCUT2D eigenvalue weighted by molar-refractivity contribution is -0.116. The molecule has 182 valence electrons. The van der Waals surface area contributed by atoms with Crippen molar-refractivity contribution < 1.29 is 9.18 Å². The van der Waals surface area contributed by atoms with Crippen LogP contribution in [0.1, 0.15) is 35.5 Å². The number of benzene rings is 2. The molecule has 2 atom stereocenters. The van der Waals surface area contributed by atoms with E-state index in [0.29, 0.717) is 17.3 Å². The van der Waals surface area contributed by atoms with Gasteiger partial charge in [0.2, 0.25) is 5.91 Å². The fourth-order valence-electron chi connectivity index (χ4n) is 4.64. The number of nitrogens with one attached hydrogen (secondary N) is 2. The standard InChI is InChI=1S/C28H26FN5OS/c1-19-8-6-9-20(18-19)31-25(35)14-17-34-27(26(32-28(34)36)22-11-4-5-15-30-22)24-13-7-16-33(24)23-12-3-2-10-21(23)29/h2-13,15-16,18,26-27H,14,17H2,1H3,(H,31,35)(H,32,36)/t26-,27+/m0/s1. The Hall–Kier alpha value is -4.04. The van der Waals surface area contributed by atoms with E-state index < -0.39 is 0 Å². The fraction of sp³-hybridized carbons (Fsp3) is 0.179. The first kappa shape index (κ1) is 23.7. The molecule has 1 fully saturated rings. The lowest BCUT2D eigenvalue weighted by Gasteiger charge is -2.29. The number of thiocarbonyl (C=S) groups is 1. The van der Waals surface area contributed by atoms with Crippen LogP contribution in [0.2, 0.25) is 0 Å². The third-order valence-electron chi connectivity index (χ3n) is 6.27. The van der Waals surface area contributed by atoms with E-state index in [1.807, 2.05) is 83.3 Å². The Morgan fingerprint density at radius 1 is 1.08 bits per heavy atom.